The molecule has 1 aromatic heterocycles. The quantitative estimate of drug-likeness (QED) is 0.667. The van der Waals surface area contributed by atoms with E-state index in [-0.39, 0.29) is 0 Å². The van der Waals surface area contributed by atoms with Gasteiger partial charge >= 0.3 is 0 Å². The Hall–Kier alpha value is -2.34. The van der Waals surface area contributed by atoms with E-state index in [9.17, 15) is 0 Å². The highest BCUT2D eigenvalue weighted by Crippen LogP contribution is 2.23. The summed E-state index contributed by atoms with van der Waals surface area (Å²) in [6, 6.07) is 14.3. The van der Waals surface area contributed by atoms with Crippen LogP contribution in [0.3, 0.4) is 0 Å². The maximum absolute atomic E-state index is 8.65. The normalized spacial score (nSPS) is 10.7. The molecule has 0 aliphatic heterocycles. The second-order valence-electron chi connectivity index (χ2n) is 3.70. The molecule has 16 heavy (non-hydrogen) atoms. The lowest BCUT2D eigenvalue weighted by Crippen LogP contribution is -1.82. The van der Waals surface area contributed by atoms with Crippen molar-refractivity contribution in [3.63, 3.8) is 0 Å². The van der Waals surface area contributed by atoms with Crippen LogP contribution < -0.4 is 0 Å². The molecular formula is C13H9N3. The summed E-state index contributed by atoms with van der Waals surface area (Å²) in [6.07, 6.45) is 0.322. The molecule has 0 saturated carbocycles. The molecule has 76 valence electrons. The molecule has 0 bridgehead atoms. The molecule has 0 aliphatic carbocycles. The molecule has 0 atom stereocenters. The number of aromatic nitrogens is 2. The van der Waals surface area contributed by atoms with Crippen molar-refractivity contribution in [1.82, 2.24) is 9.97 Å². The number of hydrogen-bond acceptors (Lipinski definition) is 2. The minimum absolute atomic E-state index is 0.322. The minimum atomic E-state index is 0.322. The zero-order chi connectivity index (χ0) is 11.0. The van der Waals surface area contributed by atoms with Crippen LogP contribution in [0, 0.1) is 11.3 Å². The average Bonchev–Trinajstić information content (AvgIpc) is 2.72. The third-order valence-corrected chi connectivity index (χ3v) is 2.67. The molecule has 3 heteroatoms. The lowest BCUT2D eigenvalue weighted by Gasteiger charge is -1.96. The van der Waals surface area contributed by atoms with Crippen molar-refractivity contribution in [2.24, 2.45) is 0 Å². The monoisotopic (exact) mass is 207 g/mol. The van der Waals surface area contributed by atoms with Crippen LogP contribution in [0.4, 0.5) is 0 Å². The van der Waals surface area contributed by atoms with Gasteiger partial charge in [-0.2, -0.15) is 5.26 Å². The molecule has 0 spiro atoms. The number of nitrogens with zero attached hydrogens (tertiary/aromatic N) is 2. The summed E-state index contributed by atoms with van der Waals surface area (Å²) in [5, 5.41) is 10.9. The molecule has 1 N–H and O–H groups in total. The summed E-state index contributed by atoms with van der Waals surface area (Å²) in [4.78, 5) is 7.61. The van der Waals surface area contributed by atoms with Gasteiger partial charge in [-0.05, 0) is 11.5 Å². The number of H-pyrrole nitrogens is 1. The number of hydrogen-bond donors (Lipinski definition) is 1. The van der Waals surface area contributed by atoms with Crippen molar-refractivity contribution in [3.05, 3.63) is 42.2 Å². The van der Waals surface area contributed by atoms with Crippen LogP contribution in [-0.4, -0.2) is 9.97 Å². The van der Waals surface area contributed by atoms with Crippen molar-refractivity contribution in [1.29, 1.82) is 5.26 Å². The molecular weight excluding hydrogens is 198 g/mol. The van der Waals surface area contributed by atoms with Gasteiger partial charge in [0.25, 0.3) is 0 Å². The lowest BCUT2D eigenvalue weighted by molar-refractivity contribution is 1.08. The van der Waals surface area contributed by atoms with E-state index in [2.05, 4.69) is 34.2 Å². The number of rotatable bonds is 1. The minimum Gasteiger partial charge on any atom is -0.341 e. The highest BCUT2D eigenvalue weighted by molar-refractivity contribution is 6.04. The van der Waals surface area contributed by atoms with E-state index in [0.717, 1.165) is 22.2 Å². The highest BCUT2D eigenvalue weighted by Gasteiger charge is 2.05. The molecule has 0 aliphatic rings. The van der Waals surface area contributed by atoms with Gasteiger partial charge < -0.3 is 4.98 Å². The van der Waals surface area contributed by atoms with E-state index in [1.54, 1.807) is 0 Å². The van der Waals surface area contributed by atoms with Crippen molar-refractivity contribution in [2.45, 2.75) is 6.42 Å². The van der Waals surface area contributed by atoms with Gasteiger partial charge in [0.2, 0.25) is 0 Å². The Morgan fingerprint density at radius 3 is 2.94 bits per heavy atom. The van der Waals surface area contributed by atoms with Crippen molar-refractivity contribution < 1.29 is 0 Å². The van der Waals surface area contributed by atoms with E-state index in [1.165, 1.54) is 5.39 Å². The Morgan fingerprint density at radius 1 is 1.19 bits per heavy atom. The third kappa shape index (κ3) is 1.24. The predicted octanol–water partition coefficient (Wildman–Crippen LogP) is 2.78. The second-order valence-corrected chi connectivity index (χ2v) is 3.70. The molecule has 0 amide bonds. The fourth-order valence-electron chi connectivity index (χ4n) is 1.95. The van der Waals surface area contributed by atoms with Gasteiger partial charge in [-0.15, -0.1) is 0 Å². The Labute approximate surface area is 92.3 Å². The number of fused-ring (bicyclic) bond motifs is 3. The number of nitrogens with one attached hydrogen (secondary N) is 1. The zero-order valence-corrected chi connectivity index (χ0v) is 8.57. The Balaban J connectivity index is 2.38. The summed E-state index contributed by atoms with van der Waals surface area (Å²) in [7, 11) is 0. The third-order valence-electron chi connectivity index (χ3n) is 2.67. The fraction of sp³-hybridized carbons (Fsp3) is 0.0769. The Morgan fingerprint density at radius 2 is 2.06 bits per heavy atom. The Kier molecular flexibility index (Phi) is 1.87. The molecule has 2 aromatic carbocycles. The molecule has 0 radical (unpaired) electrons. The number of aromatic amines is 1. The molecule has 0 unspecified atom stereocenters. The molecule has 1 heterocycles. The molecule has 3 rings (SSSR count). The van der Waals surface area contributed by atoms with Crippen LogP contribution in [0.15, 0.2) is 36.4 Å². The summed E-state index contributed by atoms with van der Waals surface area (Å²) in [6.45, 7) is 0. The maximum atomic E-state index is 8.65. The van der Waals surface area contributed by atoms with E-state index in [1.807, 2.05) is 18.2 Å². The summed E-state index contributed by atoms with van der Waals surface area (Å²) >= 11 is 0. The largest absolute Gasteiger partial charge is 0.341 e. The predicted molar refractivity (Wildman–Crippen MR) is 62.9 cm³/mol. The number of nitriles is 1. The van der Waals surface area contributed by atoms with Crippen LogP contribution in [0.5, 0.6) is 0 Å². The van der Waals surface area contributed by atoms with E-state index < -0.39 is 0 Å². The summed E-state index contributed by atoms with van der Waals surface area (Å²) in [5.41, 5.74) is 1.94. The first-order chi connectivity index (χ1) is 7.88. The van der Waals surface area contributed by atoms with Gasteiger partial charge in [-0.3, -0.25) is 0 Å². The SMILES string of the molecule is N#CCc1nc2c(ccc3ccccc32)[nH]1. The first-order valence-electron chi connectivity index (χ1n) is 5.12. The van der Waals surface area contributed by atoms with Crippen LogP contribution in [0.25, 0.3) is 21.8 Å². The molecule has 0 saturated heterocycles. The van der Waals surface area contributed by atoms with Crippen molar-refractivity contribution in [3.8, 4) is 6.07 Å². The van der Waals surface area contributed by atoms with E-state index in [4.69, 9.17) is 5.26 Å². The highest BCUT2D eigenvalue weighted by atomic mass is 14.9. The standard InChI is InChI=1S/C13H9N3/c14-8-7-12-15-11-6-5-9-3-1-2-4-10(9)13(11)16-12/h1-6H,7H2,(H,15,16). The fourth-order valence-corrected chi connectivity index (χ4v) is 1.95. The Bertz CT molecular complexity index is 704. The van der Waals surface area contributed by atoms with Gasteiger partial charge in [0, 0.05) is 5.39 Å². The van der Waals surface area contributed by atoms with Gasteiger partial charge in [-0.25, -0.2) is 4.98 Å². The number of imidazole rings is 1. The van der Waals surface area contributed by atoms with Crippen LogP contribution in [-0.2, 0) is 6.42 Å². The molecule has 0 fully saturated rings. The van der Waals surface area contributed by atoms with Gasteiger partial charge in [0.05, 0.1) is 23.5 Å². The van der Waals surface area contributed by atoms with E-state index >= 15 is 0 Å². The smallest absolute Gasteiger partial charge is 0.121 e. The van der Waals surface area contributed by atoms with Gasteiger partial charge in [0.15, 0.2) is 0 Å². The summed E-state index contributed by atoms with van der Waals surface area (Å²) in [5.74, 6) is 0.730. The molecule has 3 nitrogen and oxygen atoms in total. The first-order valence-corrected chi connectivity index (χ1v) is 5.12. The lowest BCUT2D eigenvalue weighted by atomic mass is 10.1. The number of benzene rings is 2. The van der Waals surface area contributed by atoms with Gasteiger partial charge in [0.1, 0.15) is 5.82 Å². The van der Waals surface area contributed by atoms with Crippen molar-refractivity contribution >= 4 is 21.8 Å². The zero-order valence-electron chi connectivity index (χ0n) is 8.57. The second kappa shape index (κ2) is 3.35. The first kappa shape index (κ1) is 8.93. The maximum Gasteiger partial charge on any atom is 0.121 e. The van der Waals surface area contributed by atoms with Crippen molar-refractivity contribution in [2.75, 3.05) is 0 Å². The van der Waals surface area contributed by atoms with E-state index in [0.29, 0.717) is 6.42 Å². The topological polar surface area (TPSA) is 52.5 Å². The van der Waals surface area contributed by atoms with Crippen LogP contribution in [0.2, 0.25) is 0 Å². The molecule has 3 aromatic rings. The van der Waals surface area contributed by atoms with Crippen LogP contribution >= 0.6 is 0 Å². The van der Waals surface area contributed by atoms with Gasteiger partial charge in [-0.1, -0.05) is 30.3 Å². The van der Waals surface area contributed by atoms with Crippen LogP contribution in [0.1, 0.15) is 5.82 Å². The average molecular weight is 207 g/mol. The summed E-state index contributed by atoms with van der Waals surface area (Å²) < 4.78 is 0.